The van der Waals surface area contributed by atoms with Gasteiger partial charge in [0.15, 0.2) is 0 Å². The van der Waals surface area contributed by atoms with Gasteiger partial charge >= 0.3 is 12.1 Å². The molecule has 1 heterocycles. The van der Waals surface area contributed by atoms with Crippen LogP contribution in [-0.2, 0) is 14.3 Å². The molecule has 0 aromatic heterocycles. The lowest BCUT2D eigenvalue weighted by molar-refractivity contribution is -0.202. The Bertz CT molecular complexity index is 356. The molecule has 0 radical (unpaired) electrons. The third kappa shape index (κ3) is 2.59. The Balaban J connectivity index is 2.25. The van der Waals surface area contributed by atoms with Crippen LogP contribution in [-0.4, -0.2) is 31.5 Å². The Morgan fingerprint density at radius 1 is 1.26 bits per heavy atom. The van der Waals surface area contributed by atoms with E-state index in [1.807, 2.05) is 13.8 Å². The van der Waals surface area contributed by atoms with E-state index >= 15 is 0 Å². The number of rotatable bonds is 1. The summed E-state index contributed by atoms with van der Waals surface area (Å²) >= 11 is 0. The molecule has 110 valence electrons. The molecule has 1 saturated heterocycles. The standard InChI is InChI=1S/C13H19F3O3/c1-6-7(2)19-10-5-8(13(14,15)16)4-9(11(6)10)12(17)18-3/h6-11H,4-5H2,1-3H3. The molecule has 0 N–H and O–H groups in total. The van der Waals surface area contributed by atoms with Crippen LogP contribution in [0.15, 0.2) is 0 Å². The van der Waals surface area contributed by atoms with Crippen molar-refractivity contribution >= 4 is 5.97 Å². The Labute approximate surface area is 110 Å². The predicted molar refractivity (Wildman–Crippen MR) is 61.3 cm³/mol. The normalized spacial score (nSPS) is 42.8. The van der Waals surface area contributed by atoms with E-state index in [-0.39, 0.29) is 30.8 Å². The molecule has 19 heavy (non-hydrogen) atoms. The zero-order chi connectivity index (χ0) is 14.4. The van der Waals surface area contributed by atoms with Crippen LogP contribution < -0.4 is 0 Å². The average Bonchev–Trinajstić information content (AvgIpc) is 2.62. The van der Waals surface area contributed by atoms with E-state index in [4.69, 9.17) is 4.74 Å². The largest absolute Gasteiger partial charge is 0.469 e. The molecule has 0 aromatic carbocycles. The van der Waals surface area contributed by atoms with Crippen molar-refractivity contribution in [3.05, 3.63) is 0 Å². The first kappa shape index (κ1) is 14.6. The van der Waals surface area contributed by atoms with Gasteiger partial charge in [-0.25, -0.2) is 0 Å². The van der Waals surface area contributed by atoms with E-state index in [0.29, 0.717) is 0 Å². The summed E-state index contributed by atoms with van der Waals surface area (Å²) in [5, 5.41) is 0. The highest BCUT2D eigenvalue weighted by molar-refractivity contribution is 5.73. The van der Waals surface area contributed by atoms with Crippen molar-refractivity contribution in [2.75, 3.05) is 7.11 Å². The van der Waals surface area contributed by atoms with Gasteiger partial charge < -0.3 is 9.47 Å². The molecule has 0 amide bonds. The fourth-order valence-corrected chi connectivity index (χ4v) is 3.49. The van der Waals surface area contributed by atoms with E-state index in [9.17, 15) is 18.0 Å². The number of hydrogen-bond acceptors (Lipinski definition) is 3. The van der Waals surface area contributed by atoms with Crippen LogP contribution in [0.1, 0.15) is 26.7 Å². The van der Waals surface area contributed by atoms with Crippen molar-refractivity contribution in [3.63, 3.8) is 0 Å². The van der Waals surface area contributed by atoms with Gasteiger partial charge in [0.05, 0.1) is 31.2 Å². The molecule has 2 fully saturated rings. The minimum atomic E-state index is -4.28. The summed E-state index contributed by atoms with van der Waals surface area (Å²) in [6, 6.07) is 0. The lowest BCUT2D eigenvalue weighted by Gasteiger charge is -2.38. The van der Waals surface area contributed by atoms with Crippen molar-refractivity contribution < 1.29 is 27.4 Å². The van der Waals surface area contributed by atoms with Crippen molar-refractivity contribution in [2.24, 2.45) is 23.7 Å². The molecule has 1 aliphatic heterocycles. The van der Waals surface area contributed by atoms with Gasteiger partial charge in [-0.3, -0.25) is 4.79 Å². The van der Waals surface area contributed by atoms with Gasteiger partial charge in [-0.15, -0.1) is 0 Å². The van der Waals surface area contributed by atoms with Gasteiger partial charge in [-0.05, 0) is 25.7 Å². The molecule has 6 atom stereocenters. The minimum Gasteiger partial charge on any atom is -0.469 e. The summed E-state index contributed by atoms with van der Waals surface area (Å²) in [7, 11) is 1.22. The number of hydrogen-bond donors (Lipinski definition) is 0. The lowest BCUT2D eigenvalue weighted by Crippen LogP contribution is -2.44. The van der Waals surface area contributed by atoms with Crippen molar-refractivity contribution in [1.29, 1.82) is 0 Å². The summed E-state index contributed by atoms with van der Waals surface area (Å²) < 4.78 is 49.1. The number of esters is 1. The third-order valence-corrected chi connectivity index (χ3v) is 4.65. The number of fused-ring (bicyclic) bond motifs is 1. The van der Waals surface area contributed by atoms with E-state index in [0.717, 1.165) is 0 Å². The van der Waals surface area contributed by atoms with Crippen LogP contribution in [0.4, 0.5) is 13.2 Å². The molecule has 3 nitrogen and oxygen atoms in total. The molecular formula is C13H19F3O3. The first-order valence-corrected chi connectivity index (χ1v) is 6.55. The predicted octanol–water partition coefficient (Wildman–Crippen LogP) is 2.79. The Morgan fingerprint density at radius 2 is 1.89 bits per heavy atom. The van der Waals surface area contributed by atoms with Crippen LogP contribution in [0.3, 0.4) is 0 Å². The van der Waals surface area contributed by atoms with Gasteiger partial charge in [-0.2, -0.15) is 13.2 Å². The molecule has 2 rings (SSSR count). The van der Waals surface area contributed by atoms with Crippen molar-refractivity contribution in [3.8, 4) is 0 Å². The average molecular weight is 280 g/mol. The molecule has 1 aliphatic carbocycles. The summed E-state index contributed by atoms with van der Waals surface area (Å²) in [5.74, 6) is -2.83. The van der Waals surface area contributed by atoms with Crippen LogP contribution in [0.5, 0.6) is 0 Å². The molecule has 0 aromatic rings. The smallest absolute Gasteiger partial charge is 0.391 e. The first-order chi connectivity index (χ1) is 8.75. The molecule has 6 heteroatoms. The van der Waals surface area contributed by atoms with E-state index < -0.39 is 30.1 Å². The summed E-state index contributed by atoms with van der Waals surface area (Å²) in [4.78, 5) is 11.8. The number of alkyl halides is 3. The van der Waals surface area contributed by atoms with E-state index in [1.165, 1.54) is 7.11 Å². The maximum absolute atomic E-state index is 12.9. The minimum absolute atomic E-state index is 0.0453. The summed E-state index contributed by atoms with van der Waals surface area (Å²) in [6.07, 6.45) is -5.12. The second-order valence-corrected chi connectivity index (χ2v) is 5.66. The topological polar surface area (TPSA) is 35.5 Å². The molecule has 2 aliphatic rings. The Hall–Kier alpha value is -0.780. The summed E-state index contributed by atoms with van der Waals surface area (Å²) in [6.45, 7) is 3.78. The lowest BCUT2D eigenvalue weighted by atomic mass is 9.68. The van der Waals surface area contributed by atoms with Crippen LogP contribution in [0.2, 0.25) is 0 Å². The van der Waals surface area contributed by atoms with Crippen LogP contribution in [0.25, 0.3) is 0 Å². The van der Waals surface area contributed by atoms with Gasteiger partial charge in [0.25, 0.3) is 0 Å². The molecule has 0 bridgehead atoms. The number of methoxy groups -OCH3 is 1. The number of carbonyl (C=O) groups is 1. The highest BCUT2D eigenvalue weighted by Gasteiger charge is 2.56. The Morgan fingerprint density at radius 3 is 2.42 bits per heavy atom. The Kier molecular flexibility index (Phi) is 3.82. The molecule has 6 unspecified atom stereocenters. The molecular weight excluding hydrogens is 261 g/mol. The maximum Gasteiger partial charge on any atom is 0.391 e. The number of halogens is 3. The van der Waals surface area contributed by atoms with Crippen molar-refractivity contribution in [2.45, 2.75) is 45.1 Å². The van der Waals surface area contributed by atoms with Gasteiger partial charge in [0.1, 0.15) is 0 Å². The number of ether oxygens (including phenoxy) is 2. The summed E-state index contributed by atoms with van der Waals surface area (Å²) in [5.41, 5.74) is 0. The zero-order valence-electron chi connectivity index (χ0n) is 11.2. The van der Waals surface area contributed by atoms with Gasteiger partial charge in [0.2, 0.25) is 0 Å². The zero-order valence-corrected chi connectivity index (χ0v) is 11.2. The SMILES string of the molecule is COC(=O)C1CC(C(F)(F)F)CC2OC(C)C(C)C21. The monoisotopic (exact) mass is 280 g/mol. The number of carbonyl (C=O) groups excluding carboxylic acids is 1. The fourth-order valence-electron chi connectivity index (χ4n) is 3.49. The van der Waals surface area contributed by atoms with Gasteiger partial charge in [0, 0.05) is 5.92 Å². The highest BCUT2D eigenvalue weighted by atomic mass is 19.4. The maximum atomic E-state index is 12.9. The second kappa shape index (κ2) is 4.96. The fraction of sp³-hybridized carbons (Fsp3) is 0.923. The van der Waals surface area contributed by atoms with Crippen LogP contribution >= 0.6 is 0 Å². The van der Waals surface area contributed by atoms with Crippen LogP contribution in [0, 0.1) is 23.7 Å². The quantitative estimate of drug-likeness (QED) is 0.693. The van der Waals surface area contributed by atoms with E-state index in [1.54, 1.807) is 0 Å². The highest BCUT2D eigenvalue weighted by Crippen LogP contribution is 2.50. The third-order valence-electron chi connectivity index (χ3n) is 4.65. The molecule has 1 saturated carbocycles. The van der Waals surface area contributed by atoms with Crippen molar-refractivity contribution in [1.82, 2.24) is 0 Å². The molecule has 0 spiro atoms. The van der Waals surface area contributed by atoms with E-state index in [2.05, 4.69) is 4.74 Å². The first-order valence-electron chi connectivity index (χ1n) is 6.55. The van der Waals surface area contributed by atoms with Gasteiger partial charge in [-0.1, -0.05) is 6.92 Å². The second-order valence-electron chi connectivity index (χ2n) is 5.66.